The fourth-order valence-electron chi connectivity index (χ4n) is 0.885. The summed E-state index contributed by atoms with van der Waals surface area (Å²) in [6.07, 6.45) is 1.53. The van der Waals surface area contributed by atoms with Gasteiger partial charge in [-0.05, 0) is 12.1 Å². The van der Waals surface area contributed by atoms with E-state index in [0.717, 1.165) is 0 Å². The van der Waals surface area contributed by atoms with Crippen LogP contribution in [0.5, 0.6) is 0 Å². The molecule has 0 heterocycles. The van der Waals surface area contributed by atoms with Gasteiger partial charge in [0.15, 0.2) is 0 Å². The SMILES string of the molecule is C=CCNc1c(F)cc(Br)cc1F. The Labute approximate surface area is 83.6 Å². The van der Waals surface area contributed by atoms with Crippen LogP contribution in [-0.2, 0) is 0 Å². The highest BCUT2D eigenvalue weighted by Gasteiger charge is 2.08. The predicted octanol–water partition coefficient (Wildman–Crippen LogP) is 3.33. The van der Waals surface area contributed by atoms with Gasteiger partial charge in [-0.25, -0.2) is 8.78 Å². The quantitative estimate of drug-likeness (QED) is 0.809. The minimum atomic E-state index is -0.617. The molecule has 13 heavy (non-hydrogen) atoms. The van der Waals surface area contributed by atoms with E-state index >= 15 is 0 Å². The third-order valence-corrected chi connectivity index (χ3v) is 1.89. The van der Waals surface area contributed by atoms with Gasteiger partial charge >= 0.3 is 0 Å². The van der Waals surface area contributed by atoms with Gasteiger partial charge in [0.25, 0.3) is 0 Å². The molecular formula is C9H8BrF2N. The summed E-state index contributed by atoms with van der Waals surface area (Å²) in [7, 11) is 0. The molecule has 0 aliphatic heterocycles. The first-order valence-corrected chi connectivity index (χ1v) is 4.43. The Morgan fingerprint density at radius 2 is 1.92 bits per heavy atom. The van der Waals surface area contributed by atoms with E-state index in [2.05, 4.69) is 27.8 Å². The molecule has 1 nitrogen and oxygen atoms in total. The molecule has 0 unspecified atom stereocenters. The fraction of sp³-hybridized carbons (Fsp3) is 0.111. The lowest BCUT2D eigenvalue weighted by atomic mass is 10.3. The lowest BCUT2D eigenvalue weighted by Gasteiger charge is -2.06. The summed E-state index contributed by atoms with van der Waals surface area (Å²) in [6, 6.07) is 2.41. The topological polar surface area (TPSA) is 12.0 Å². The van der Waals surface area contributed by atoms with E-state index in [9.17, 15) is 8.78 Å². The second-order valence-electron chi connectivity index (χ2n) is 2.41. The molecule has 1 aromatic carbocycles. The van der Waals surface area contributed by atoms with Crippen molar-refractivity contribution in [3.05, 3.63) is 40.9 Å². The zero-order chi connectivity index (χ0) is 9.84. The average molecular weight is 248 g/mol. The van der Waals surface area contributed by atoms with Gasteiger partial charge in [-0.15, -0.1) is 6.58 Å². The molecule has 1 N–H and O–H groups in total. The van der Waals surface area contributed by atoms with Crippen molar-refractivity contribution < 1.29 is 8.78 Å². The van der Waals surface area contributed by atoms with Crippen LogP contribution in [0, 0.1) is 11.6 Å². The summed E-state index contributed by atoms with van der Waals surface area (Å²) >= 11 is 2.99. The molecule has 0 bridgehead atoms. The van der Waals surface area contributed by atoms with Gasteiger partial charge in [0.05, 0.1) is 0 Å². The van der Waals surface area contributed by atoms with Crippen LogP contribution >= 0.6 is 15.9 Å². The van der Waals surface area contributed by atoms with Crippen molar-refractivity contribution in [3.8, 4) is 0 Å². The molecule has 0 spiro atoms. The predicted molar refractivity (Wildman–Crippen MR) is 52.7 cm³/mol. The van der Waals surface area contributed by atoms with Crippen molar-refractivity contribution in [2.75, 3.05) is 11.9 Å². The Balaban J connectivity index is 2.98. The number of nitrogens with one attached hydrogen (secondary N) is 1. The summed E-state index contributed by atoms with van der Waals surface area (Å²) in [5.41, 5.74) is -0.122. The van der Waals surface area contributed by atoms with Crippen molar-refractivity contribution >= 4 is 21.6 Å². The van der Waals surface area contributed by atoms with Crippen molar-refractivity contribution in [1.29, 1.82) is 0 Å². The first kappa shape index (κ1) is 10.2. The number of rotatable bonds is 3. The normalized spacial score (nSPS) is 9.77. The first-order chi connectivity index (χ1) is 6.15. The maximum absolute atomic E-state index is 13.1. The smallest absolute Gasteiger partial charge is 0.150 e. The molecule has 0 aliphatic rings. The van der Waals surface area contributed by atoms with Crippen LogP contribution in [0.3, 0.4) is 0 Å². The molecule has 0 radical (unpaired) electrons. The second-order valence-corrected chi connectivity index (χ2v) is 3.33. The summed E-state index contributed by atoms with van der Waals surface area (Å²) < 4.78 is 26.5. The second kappa shape index (κ2) is 4.37. The van der Waals surface area contributed by atoms with Crippen molar-refractivity contribution in [3.63, 3.8) is 0 Å². The summed E-state index contributed by atoms with van der Waals surface area (Å²) in [4.78, 5) is 0. The number of halogens is 3. The van der Waals surface area contributed by atoms with Crippen LogP contribution in [0.15, 0.2) is 29.3 Å². The van der Waals surface area contributed by atoms with Gasteiger partial charge < -0.3 is 5.32 Å². The Hall–Kier alpha value is -0.900. The molecule has 70 valence electrons. The molecule has 1 rings (SSSR count). The highest BCUT2D eigenvalue weighted by molar-refractivity contribution is 9.10. The van der Waals surface area contributed by atoms with Crippen LogP contribution in [0.25, 0.3) is 0 Å². The molecule has 0 atom stereocenters. The summed E-state index contributed by atoms with van der Waals surface area (Å²) in [5, 5.41) is 2.57. The minimum Gasteiger partial charge on any atom is -0.377 e. The Morgan fingerprint density at radius 3 is 2.38 bits per heavy atom. The molecule has 0 aromatic heterocycles. The summed E-state index contributed by atoms with van der Waals surface area (Å²) in [5.74, 6) is -1.23. The van der Waals surface area contributed by atoms with Gasteiger partial charge in [-0.2, -0.15) is 0 Å². The van der Waals surface area contributed by atoms with Gasteiger partial charge in [0.1, 0.15) is 17.3 Å². The third kappa shape index (κ3) is 2.52. The lowest BCUT2D eigenvalue weighted by Crippen LogP contribution is -2.03. The van der Waals surface area contributed by atoms with Crippen LogP contribution < -0.4 is 5.32 Å². The molecule has 1 aromatic rings. The lowest BCUT2D eigenvalue weighted by molar-refractivity contribution is 0.587. The minimum absolute atomic E-state index is 0.122. The number of anilines is 1. The van der Waals surface area contributed by atoms with Crippen molar-refractivity contribution in [1.82, 2.24) is 0 Å². The fourth-order valence-corrected chi connectivity index (χ4v) is 1.29. The van der Waals surface area contributed by atoms with Gasteiger partial charge in [-0.3, -0.25) is 0 Å². The number of benzene rings is 1. The van der Waals surface area contributed by atoms with Gasteiger partial charge in [0.2, 0.25) is 0 Å². The third-order valence-electron chi connectivity index (χ3n) is 1.43. The highest BCUT2D eigenvalue weighted by atomic mass is 79.9. The van der Waals surface area contributed by atoms with Crippen LogP contribution in [0.2, 0.25) is 0 Å². The largest absolute Gasteiger partial charge is 0.377 e. The molecule has 0 amide bonds. The van der Waals surface area contributed by atoms with E-state index in [4.69, 9.17) is 0 Å². The highest BCUT2D eigenvalue weighted by Crippen LogP contribution is 2.23. The molecule has 0 saturated carbocycles. The Bertz CT molecular complexity index is 302. The van der Waals surface area contributed by atoms with Crippen molar-refractivity contribution in [2.24, 2.45) is 0 Å². The van der Waals surface area contributed by atoms with Gasteiger partial charge in [-0.1, -0.05) is 22.0 Å². The van der Waals surface area contributed by atoms with E-state index < -0.39 is 11.6 Å². The number of hydrogen-bond donors (Lipinski definition) is 1. The maximum Gasteiger partial charge on any atom is 0.150 e. The monoisotopic (exact) mass is 247 g/mol. The van der Waals surface area contributed by atoms with Crippen LogP contribution in [0.1, 0.15) is 0 Å². The number of hydrogen-bond acceptors (Lipinski definition) is 1. The Kier molecular flexibility index (Phi) is 3.42. The molecular weight excluding hydrogens is 240 g/mol. The molecule has 0 saturated heterocycles. The van der Waals surface area contributed by atoms with Crippen molar-refractivity contribution in [2.45, 2.75) is 0 Å². The van der Waals surface area contributed by atoms with E-state index in [-0.39, 0.29) is 5.69 Å². The summed E-state index contributed by atoms with van der Waals surface area (Å²) in [6.45, 7) is 3.76. The Morgan fingerprint density at radius 1 is 1.38 bits per heavy atom. The zero-order valence-electron chi connectivity index (χ0n) is 6.78. The van der Waals surface area contributed by atoms with Crippen LogP contribution in [-0.4, -0.2) is 6.54 Å². The molecule has 0 aliphatic carbocycles. The standard InChI is InChI=1S/C9H8BrF2N/c1-2-3-13-9-7(11)4-6(10)5-8(9)12/h2,4-5,13H,1,3H2. The van der Waals surface area contributed by atoms with E-state index in [0.29, 0.717) is 11.0 Å². The average Bonchev–Trinajstić information content (AvgIpc) is 2.02. The van der Waals surface area contributed by atoms with E-state index in [1.165, 1.54) is 18.2 Å². The molecule has 0 fully saturated rings. The van der Waals surface area contributed by atoms with Crippen LogP contribution in [0.4, 0.5) is 14.5 Å². The van der Waals surface area contributed by atoms with E-state index in [1.54, 1.807) is 0 Å². The van der Waals surface area contributed by atoms with Gasteiger partial charge in [0, 0.05) is 11.0 Å². The zero-order valence-corrected chi connectivity index (χ0v) is 8.37. The first-order valence-electron chi connectivity index (χ1n) is 3.64. The van der Waals surface area contributed by atoms with E-state index in [1.807, 2.05) is 0 Å². The molecule has 4 heteroatoms. The maximum atomic E-state index is 13.1.